The van der Waals surface area contributed by atoms with Gasteiger partial charge in [-0.1, -0.05) is 0 Å². The summed E-state index contributed by atoms with van der Waals surface area (Å²) in [7, 11) is 5.21. The van der Waals surface area contributed by atoms with E-state index in [1.54, 1.807) is 25.1 Å². The van der Waals surface area contributed by atoms with Crippen LogP contribution in [-0.4, -0.2) is 21.3 Å². The Bertz CT molecular complexity index is 1020. The normalized spacial score (nSPS) is 13.0. The van der Waals surface area contributed by atoms with E-state index >= 15 is 0 Å². The molecule has 1 heterocycles. The maximum atomic E-state index is 13.0. The molecule has 0 fully saturated rings. The van der Waals surface area contributed by atoms with Crippen LogP contribution in [0.1, 0.15) is 11.4 Å². The van der Waals surface area contributed by atoms with Crippen LogP contribution in [0.2, 0.25) is 0 Å². The molecule has 3 aromatic rings. The first-order chi connectivity index (χ1) is 12.2. The van der Waals surface area contributed by atoms with Crippen LogP contribution in [-0.2, 0) is 16.2 Å². The van der Waals surface area contributed by atoms with Crippen molar-refractivity contribution in [2.45, 2.75) is 18.0 Å². The number of halogens is 4. The molecule has 1 aromatic heterocycles. The summed E-state index contributed by atoms with van der Waals surface area (Å²) in [6.45, 7) is 1.66. The molecule has 0 aliphatic rings. The van der Waals surface area contributed by atoms with Crippen LogP contribution in [0.25, 0.3) is 22.2 Å². The van der Waals surface area contributed by atoms with Gasteiger partial charge in [0.25, 0.3) is 0 Å². The van der Waals surface area contributed by atoms with E-state index in [0.29, 0.717) is 32.9 Å². The second-order valence-electron chi connectivity index (χ2n) is 5.43. The van der Waals surface area contributed by atoms with Crippen LogP contribution in [0.3, 0.4) is 0 Å². The van der Waals surface area contributed by atoms with Gasteiger partial charge in [-0.05, 0) is 54.0 Å². The van der Waals surface area contributed by atoms with Gasteiger partial charge < -0.3 is 4.74 Å². The van der Waals surface area contributed by atoms with Crippen molar-refractivity contribution in [2.24, 2.45) is 0 Å². The zero-order valence-electron chi connectivity index (χ0n) is 13.6. The standard InChI is InChI=1S/C17H12ClF3N2O2S/c1-9-22-14-8-11(26(18)24)4-6-12(14)16(23-9)13-5-3-10(17(19,20)21)7-15(13)25-2/h3-8H,1-2H3. The van der Waals surface area contributed by atoms with E-state index < -0.39 is 21.8 Å². The maximum Gasteiger partial charge on any atom is 0.416 e. The fraction of sp³-hybridized carbons (Fsp3) is 0.176. The molecule has 0 saturated heterocycles. The highest BCUT2D eigenvalue weighted by Crippen LogP contribution is 2.38. The smallest absolute Gasteiger partial charge is 0.416 e. The molecule has 3 rings (SSSR count). The molecule has 0 bridgehead atoms. The molecule has 0 radical (unpaired) electrons. The molecule has 0 spiro atoms. The van der Waals surface area contributed by atoms with Crippen molar-refractivity contribution < 1.29 is 22.1 Å². The second kappa shape index (κ2) is 6.85. The fourth-order valence-electron chi connectivity index (χ4n) is 2.59. The molecule has 0 aliphatic carbocycles. The minimum Gasteiger partial charge on any atom is -0.496 e. The minimum absolute atomic E-state index is 0.0456. The monoisotopic (exact) mass is 400 g/mol. The number of alkyl halides is 3. The zero-order valence-corrected chi connectivity index (χ0v) is 15.2. The van der Waals surface area contributed by atoms with E-state index in [9.17, 15) is 17.4 Å². The highest BCUT2D eigenvalue weighted by atomic mass is 35.7. The van der Waals surface area contributed by atoms with Gasteiger partial charge in [0.15, 0.2) is 0 Å². The van der Waals surface area contributed by atoms with Crippen LogP contribution in [0.15, 0.2) is 41.3 Å². The highest BCUT2D eigenvalue weighted by Gasteiger charge is 2.31. The summed E-state index contributed by atoms with van der Waals surface area (Å²) >= 11 is 0. The van der Waals surface area contributed by atoms with Crippen molar-refractivity contribution in [2.75, 3.05) is 7.11 Å². The van der Waals surface area contributed by atoms with E-state index in [1.807, 2.05) is 0 Å². The first-order valence-electron chi connectivity index (χ1n) is 7.32. The summed E-state index contributed by atoms with van der Waals surface area (Å²) in [5, 5.41) is 0.583. The first-order valence-corrected chi connectivity index (χ1v) is 9.30. The molecule has 26 heavy (non-hydrogen) atoms. The Morgan fingerprint density at radius 2 is 1.85 bits per heavy atom. The van der Waals surface area contributed by atoms with E-state index in [4.69, 9.17) is 15.4 Å². The van der Waals surface area contributed by atoms with Crippen LogP contribution < -0.4 is 4.74 Å². The molecular formula is C17H12ClF3N2O2S. The number of benzene rings is 2. The van der Waals surface area contributed by atoms with Crippen molar-refractivity contribution >= 4 is 31.6 Å². The SMILES string of the molecule is COc1cc(C(F)(F)F)ccc1-c1nc(C)nc2cc(S(=O)Cl)ccc12. The van der Waals surface area contributed by atoms with Gasteiger partial charge >= 0.3 is 6.18 Å². The van der Waals surface area contributed by atoms with Gasteiger partial charge in [0.05, 0.1) is 28.8 Å². The van der Waals surface area contributed by atoms with Crippen LogP contribution in [0, 0.1) is 6.92 Å². The molecule has 4 nitrogen and oxygen atoms in total. The second-order valence-corrected chi connectivity index (χ2v) is 7.19. The molecule has 0 aliphatic heterocycles. The number of ether oxygens (including phenoxy) is 1. The highest BCUT2D eigenvalue weighted by molar-refractivity contribution is 8.08. The van der Waals surface area contributed by atoms with Gasteiger partial charge in [0.2, 0.25) is 0 Å². The third-order valence-corrected chi connectivity index (χ3v) is 4.91. The Morgan fingerprint density at radius 1 is 1.12 bits per heavy atom. The van der Waals surface area contributed by atoms with Gasteiger partial charge in [-0.2, -0.15) is 13.2 Å². The summed E-state index contributed by atoms with van der Waals surface area (Å²) in [4.78, 5) is 9.03. The van der Waals surface area contributed by atoms with Crippen LogP contribution >= 0.6 is 10.7 Å². The van der Waals surface area contributed by atoms with Gasteiger partial charge in [-0.15, -0.1) is 0 Å². The third-order valence-electron chi connectivity index (χ3n) is 3.75. The molecular weight excluding hydrogens is 389 g/mol. The summed E-state index contributed by atoms with van der Waals surface area (Å²) in [5.74, 6) is 0.455. The number of methoxy groups -OCH3 is 1. The lowest BCUT2D eigenvalue weighted by Crippen LogP contribution is -2.05. The summed E-state index contributed by atoms with van der Waals surface area (Å²) < 4.78 is 55.5. The number of rotatable bonds is 3. The number of fused-ring (bicyclic) bond motifs is 1. The lowest BCUT2D eigenvalue weighted by Gasteiger charge is -2.14. The Hall–Kier alpha value is -2.19. The molecule has 136 valence electrons. The minimum atomic E-state index is -4.48. The number of hydrogen-bond donors (Lipinski definition) is 0. The topological polar surface area (TPSA) is 52.1 Å². The lowest BCUT2D eigenvalue weighted by atomic mass is 10.0. The molecule has 2 aromatic carbocycles. The van der Waals surface area contributed by atoms with E-state index in [2.05, 4.69) is 9.97 Å². The summed E-state index contributed by atoms with van der Waals surface area (Å²) in [6.07, 6.45) is -4.48. The van der Waals surface area contributed by atoms with E-state index in [-0.39, 0.29) is 5.75 Å². The van der Waals surface area contributed by atoms with Crippen molar-refractivity contribution in [3.63, 3.8) is 0 Å². The van der Waals surface area contributed by atoms with Crippen LogP contribution in [0.4, 0.5) is 13.2 Å². The third kappa shape index (κ3) is 3.52. The van der Waals surface area contributed by atoms with Gasteiger partial charge in [0.1, 0.15) is 21.6 Å². The molecule has 0 N–H and O–H groups in total. The Labute approximate surface area is 153 Å². The predicted octanol–water partition coefficient (Wildman–Crippen LogP) is 4.89. The molecule has 1 atom stereocenters. The van der Waals surface area contributed by atoms with E-state index in [1.165, 1.54) is 13.2 Å². The van der Waals surface area contributed by atoms with Gasteiger partial charge in [-0.3, -0.25) is 0 Å². The average molecular weight is 401 g/mol. The van der Waals surface area contributed by atoms with Crippen molar-refractivity contribution in [3.8, 4) is 17.0 Å². The first kappa shape index (κ1) is 18.6. The fourth-order valence-corrected chi connectivity index (χ4v) is 3.26. The molecule has 9 heteroatoms. The number of nitrogens with zero attached hydrogens (tertiary/aromatic N) is 2. The predicted molar refractivity (Wildman–Crippen MR) is 93.5 cm³/mol. The Balaban J connectivity index is 2.26. The lowest BCUT2D eigenvalue weighted by molar-refractivity contribution is -0.137. The Kier molecular flexibility index (Phi) is 4.90. The average Bonchev–Trinajstić information content (AvgIpc) is 2.59. The maximum absolute atomic E-state index is 13.0. The summed E-state index contributed by atoms with van der Waals surface area (Å²) in [6, 6.07) is 7.98. The summed E-state index contributed by atoms with van der Waals surface area (Å²) in [5.41, 5.74) is 0.495. The Morgan fingerprint density at radius 3 is 2.46 bits per heavy atom. The van der Waals surface area contributed by atoms with Crippen molar-refractivity contribution in [3.05, 3.63) is 47.8 Å². The van der Waals surface area contributed by atoms with Crippen molar-refractivity contribution in [1.82, 2.24) is 9.97 Å². The number of aromatic nitrogens is 2. The van der Waals surface area contributed by atoms with Gasteiger partial charge in [-0.25, -0.2) is 14.2 Å². The zero-order chi connectivity index (χ0) is 19.1. The number of aryl methyl sites for hydroxylation is 1. The molecule has 0 saturated carbocycles. The largest absolute Gasteiger partial charge is 0.496 e. The van der Waals surface area contributed by atoms with Gasteiger partial charge in [0, 0.05) is 10.9 Å². The van der Waals surface area contributed by atoms with Crippen LogP contribution in [0.5, 0.6) is 5.75 Å². The van der Waals surface area contributed by atoms with E-state index in [0.717, 1.165) is 12.1 Å². The quantitative estimate of drug-likeness (QED) is 0.587. The number of hydrogen-bond acceptors (Lipinski definition) is 4. The molecule has 0 amide bonds. The van der Waals surface area contributed by atoms with Crippen molar-refractivity contribution in [1.29, 1.82) is 0 Å². The molecule has 1 unspecified atom stereocenters.